The smallest absolute Gasteiger partial charge is 0.326 e. The second-order valence-electron chi connectivity index (χ2n) is 5.76. The highest BCUT2D eigenvalue weighted by Crippen LogP contribution is 2.31. The van der Waals surface area contributed by atoms with Gasteiger partial charge in [-0.25, -0.2) is 4.98 Å². The van der Waals surface area contributed by atoms with E-state index in [-0.39, 0.29) is 5.91 Å². The number of carbonyl (C=O) groups is 1. The number of nitrogens with one attached hydrogen (secondary N) is 1. The molecule has 134 valence electrons. The van der Waals surface area contributed by atoms with Crippen LogP contribution in [0.5, 0.6) is 0 Å². The highest BCUT2D eigenvalue weighted by atomic mass is 32.1. The van der Waals surface area contributed by atoms with Crippen molar-refractivity contribution in [3.05, 3.63) is 70.0 Å². The van der Waals surface area contributed by atoms with E-state index in [1.54, 1.807) is 12.1 Å². The maximum absolute atomic E-state index is 12.8. The number of amides is 1. The Hall–Kier alpha value is -2.67. The summed E-state index contributed by atoms with van der Waals surface area (Å²) in [6, 6.07) is 12.5. The van der Waals surface area contributed by atoms with Gasteiger partial charge in [0.25, 0.3) is 0 Å². The van der Waals surface area contributed by atoms with Gasteiger partial charge < -0.3 is 5.32 Å². The van der Waals surface area contributed by atoms with Crippen molar-refractivity contribution in [2.24, 2.45) is 0 Å². The molecule has 3 nitrogen and oxygen atoms in total. The zero-order valence-corrected chi connectivity index (χ0v) is 14.6. The number of hydrogen-bond donors (Lipinski definition) is 1. The van der Waals surface area contributed by atoms with Crippen LogP contribution < -0.4 is 5.32 Å². The Bertz CT molecular complexity index is 934. The van der Waals surface area contributed by atoms with Crippen molar-refractivity contribution in [3.8, 4) is 11.3 Å². The fourth-order valence-corrected chi connectivity index (χ4v) is 3.35. The Kier molecular flexibility index (Phi) is 5.08. The lowest BCUT2D eigenvalue weighted by Gasteiger charge is -2.07. The molecule has 0 aliphatic carbocycles. The van der Waals surface area contributed by atoms with Crippen LogP contribution in [0.25, 0.3) is 11.3 Å². The van der Waals surface area contributed by atoms with Crippen LogP contribution >= 0.6 is 11.3 Å². The molecular formula is C19H15F3N2OS. The van der Waals surface area contributed by atoms with Crippen molar-refractivity contribution in [1.29, 1.82) is 0 Å². The van der Waals surface area contributed by atoms with Gasteiger partial charge >= 0.3 is 6.18 Å². The SMILES string of the molecule is CC(=O)Nc1cccc(-c2csc(Cc3cccc(C(F)(F)F)c3)n2)c1. The van der Waals surface area contributed by atoms with Crippen molar-refractivity contribution in [3.63, 3.8) is 0 Å². The highest BCUT2D eigenvalue weighted by molar-refractivity contribution is 7.10. The fourth-order valence-electron chi connectivity index (χ4n) is 2.52. The molecule has 0 fully saturated rings. The van der Waals surface area contributed by atoms with E-state index in [2.05, 4.69) is 10.3 Å². The van der Waals surface area contributed by atoms with Crippen LogP contribution in [0.3, 0.4) is 0 Å². The third-order valence-electron chi connectivity index (χ3n) is 3.64. The number of benzene rings is 2. The number of thiazole rings is 1. The first-order valence-electron chi connectivity index (χ1n) is 7.80. The van der Waals surface area contributed by atoms with Crippen molar-refractivity contribution in [2.45, 2.75) is 19.5 Å². The predicted octanol–water partition coefficient (Wildman–Crippen LogP) is 5.38. The molecule has 7 heteroatoms. The maximum atomic E-state index is 12.8. The Balaban J connectivity index is 1.80. The predicted molar refractivity (Wildman–Crippen MR) is 96.1 cm³/mol. The second kappa shape index (κ2) is 7.29. The van der Waals surface area contributed by atoms with Crippen LogP contribution in [0.15, 0.2) is 53.9 Å². The summed E-state index contributed by atoms with van der Waals surface area (Å²) in [6.07, 6.45) is -4.02. The molecule has 0 unspecified atom stereocenters. The molecule has 0 saturated heterocycles. The molecule has 0 atom stereocenters. The molecule has 1 heterocycles. The highest BCUT2D eigenvalue weighted by Gasteiger charge is 2.30. The minimum absolute atomic E-state index is 0.161. The van der Waals surface area contributed by atoms with Gasteiger partial charge in [0.1, 0.15) is 0 Å². The molecule has 0 saturated carbocycles. The van der Waals surface area contributed by atoms with Gasteiger partial charge in [0.15, 0.2) is 0 Å². The molecule has 3 rings (SSSR count). The summed E-state index contributed by atoms with van der Waals surface area (Å²) in [5.74, 6) is -0.161. The van der Waals surface area contributed by atoms with Gasteiger partial charge in [-0.05, 0) is 23.8 Å². The van der Waals surface area contributed by atoms with Gasteiger partial charge in [0.05, 0.1) is 16.3 Å². The van der Waals surface area contributed by atoms with Crippen LogP contribution in [-0.4, -0.2) is 10.9 Å². The maximum Gasteiger partial charge on any atom is 0.416 e. The molecular weight excluding hydrogens is 361 g/mol. The largest absolute Gasteiger partial charge is 0.416 e. The number of alkyl halides is 3. The van der Waals surface area contributed by atoms with Crippen LogP contribution in [0.4, 0.5) is 18.9 Å². The molecule has 1 N–H and O–H groups in total. The van der Waals surface area contributed by atoms with Gasteiger partial charge in [-0.15, -0.1) is 11.3 Å². The molecule has 1 aromatic heterocycles. The number of halogens is 3. The average molecular weight is 376 g/mol. The van der Waals surface area contributed by atoms with E-state index in [0.29, 0.717) is 17.7 Å². The number of carbonyl (C=O) groups excluding carboxylic acids is 1. The van der Waals surface area contributed by atoms with E-state index in [1.165, 1.54) is 24.3 Å². The Morgan fingerprint density at radius 1 is 1.15 bits per heavy atom. The van der Waals surface area contributed by atoms with Gasteiger partial charge in [0, 0.05) is 30.0 Å². The molecule has 2 aromatic carbocycles. The molecule has 0 radical (unpaired) electrons. The Labute approximate surface area is 152 Å². The monoisotopic (exact) mass is 376 g/mol. The van der Waals surface area contributed by atoms with E-state index in [9.17, 15) is 18.0 Å². The minimum atomic E-state index is -4.35. The van der Waals surface area contributed by atoms with E-state index in [0.717, 1.165) is 28.4 Å². The zero-order valence-electron chi connectivity index (χ0n) is 13.8. The third kappa shape index (κ3) is 4.49. The lowest BCUT2D eigenvalue weighted by molar-refractivity contribution is -0.137. The molecule has 26 heavy (non-hydrogen) atoms. The number of nitrogens with zero attached hydrogens (tertiary/aromatic N) is 1. The summed E-state index contributed by atoms with van der Waals surface area (Å²) in [5.41, 5.74) is 2.14. The second-order valence-corrected chi connectivity index (χ2v) is 6.71. The molecule has 0 spiro atoms. The minimum Gasteiger partial charge on any atom is -0.326 e. The fraction of sp³-hybridized carbons (Fsp3) is 0.158. The van der Waals surface area contributed by atoms with Gasteiger partial charge in [-0.1, -0.05) is 30.3 Å². The van der Waals surface area contributed by atoms with Gasteiger partial charge in [-0.2, -0.15) is 13.2 Å². The van der Waals surface area contributed by atoms with Crippen molar-refractivity contribution in [2.75, 3.05) is 5.32 Å². The zero-order chi connectivity index (χ0) is 18.7. The van der Waals surface area contributed by atoms with Crippen LogP contribution in [0.1, 0.15) is 23.1 Å². The van der Waals surface area contributed by atoms with E-state index in [4.69, 9.17) is 0 Å². The van der Waals surface area contributed by atoms with Crippen LogP contribution in [0, 0.1) is 0 Å². The number of rotatable bonds is 4. The van der Waals surface area contributed by atoms with Crippen molar-refractivity contribution >= 4 is 22.9 Å². The number of hydrogen-bond acceptors (Lipinski definition) is 3. The van der Waals surface area contributed by atoms with Crippen molar-refractivity contribution < 1.29 is 18.0 Å². The summed E-state index contributed by atoms with van der Waals surface area (Å²) >= 11 is 1.39. The Morgan fingerprint density at radius 2 is 1.92 bits per heavy atom. The molecule has 0 aliphatic rings. The molecule has 1 amide bonds. The summed E-state index contributed by atoms with van der Waals surface area (Å²) < 4.78 is 38.5. The van der Waals surface area contributed by atoms with Crippen molar-refractivity contribution in [1.82, 2.24) is 4.98 Å². The normalized spacial score (nSPS) is 11.4. The topological polar surface area (TPSA) is 42.0 Å². The summed E-state index contributed by atoms with van der Waals surface area (Å²) in [7, 11) is 0. The molecule has 3 aromatic rings. The molecule has 0 bridgehead atoms. The van der Waals surface area contributed by atoms with Crippen LogP contribution in [0.2, 0.25) is 0 Å². The first kappa shape index (κ1) is 18.1. The third-order valence-corrected chi connectivity index (χ3v) is 4.49. The van der Waals surface area contributed by atoms with Gasteiger partial charge in [0.2, 0.25) is 5.91 Å². The number of aromatic nitrogens is 1. The van der Waals surface area contributed by atoms with E-state index >= 15 is 0 Å². The summed E-state index contributed by atoms with van der Waals surface area (Å²) in [6.45, 7) is 1.43. The lowest BCUT2D eigenvalue weighted by Crippen LogP contribution is -2.05. The first-order chi connectivity index (χ1) is 12.3. The quantitative estimate of drug-likeness (QED) is 0.664. The Morgan fingerprint density at radius 3 is 2.65 bits per heavy atom. The van der Waals surface area contributed by atoms with Crippen LogP contribution in [-0.2, 0) is 17.4 Å². The molecule has 0 aliphatic heterocycles. The van der Waals surface area contributed by atoms with E-state index in [1.807, 2.05) is 23.6 Å². The van der Waals surface area contributed by atoms with E-state index < -0.39 is 11.7 Å². The average Bonchev–Trinajstić information content (AvgIpc) is 3.02. The lowest BCUT2D eigenvalue weighted by atomic mass is 10.1. The summed E-state index contributed by atoms with van der Waals surface area (Å²) in [4.78, 5) is 15.7. The first-order valence-corrected chi connectivity index (χ1v) is 8.68. The summed E-state index contributed by atoms with van der Waals surface area (Å²) in [5, 5.41) is 5.30. The number of anilines is 1. The van der Waals surface area contributed by atoms with Gasteiger partial charge in [-0.3, -0.25) is 4.79 Å². The standard InChI is InChI=1S/C19H15F3N2OS/c1-12(25)23-16-7-3-5-14(10-16)17-11-26-18(24-17)9-13-4-2-6-15(8-13)19(20,21)22/h2-8,10-11H,9H2,1H3,(H,23,25).